The van der Waals surface area contributed by atoms with E-state index in [1.54, 1.807) is 0 Å². The Balaban J connectivity index is 1.44. The number of benzene rings is 4. The predicted octanol–water partition coefficient (Wildman–Crippen LogP) is 5.49. The number of fused-ring (bicyclic) bond motifs is 1. The molecule has 41 heavy (non-hydrogen) atoms. The van der Waals surface area contributed by atoms with E-state index in [1.165, 1.54) is 10.8 Å². The number of hydrogen-bond donors (Lipinski definition) is 3. The molecular formula is C35H40N4O2. The number of carbonyl (C=O) groups excluding carboxylic acids is 2. The molecule has 0 heterocycles. The molecule has 0 radical (unpaired) electrons. The third-order valence-corrected chi connectivity index (χ3v) is 8.30. The van der Waals surface area contributed by atoms with Crippen LogP contribution in [0.2, 0.25) is 0 Å². The highest BCUT2D eigenvalue weighted by atomic mass is 16.2. The summed E-state index contributed by atoms with van der Waals surface area (Å²) in [6.45, 7) is 2.54. The third-order valence-electron chi connectivity index (χ3n) is 8.30. The van der Waals surface area contributed by atoms with Gasteiger partial charge in [-0.2, -0.15) is 0 Å². The van der Waals surface area contributed by atoms with Crippen LogP contribution in [0.3, 0.4) is 0 Å². The SMILES string of the molecule is NCCNC(=O)c1ccccc1-c1cccc(CN(Cc2cccc3ccccc23)C(=O)C2CCC(CN)CC2)c1. The van der Waals surface area contributed by atoms with Gasteiger partial charge in [-0.15, -0.1) is 0 Å². The van der Waals surface area contributed by atoms with Crippen LogP contribution in [0.15, 0.2) is 91.0 Å². The summed E-state index contributed by atoms with van der Waals surface area (Å²) in [6, 6.07) is 30.5. The lowest BCUT2D eigenvalue weighted by atomic mass is 9.81. The lowest BCUT2D eigenvalue weighted by molar-refractivity contribution is -0.138. The van der Waals surface area contributed by atoms with Crippen molar-refractivity contribution in [1.82, 2.24) is 10.2 Å². The van der Waals surface area contributed by atoms with E-state index < -0.39 is 0 Å². The van der Waals surface area contributed by atoms with Crippen LogP contribution >= 0.6 is 0 Å². The molecule has 0 bridgehead atoms. The standard InChI is InChI=1S/C35H40N4O2/c36-19-20-38-34(40)33-14-4-3-13-32(33)29-10-5-7-26(21-29)23-39(35(41)28-17-15-25(22-37)16-18-28)24-30-11-6-9-27-8-1-2-12-31(27)30/h1-14,21,25,28H,15-20,22-24,36-37H2,(H,38,40). The van der Waals surface area contributed by atoms with Crippen molar-refractivity contribution >= 4 is 22.6 Å². The molecule has 2 amide bonds. The fourth-order valence-electron chi connectivity index (χ4n) is 6.02. The highest BCUT2D eigenvalue weighted by Gasteiger charge is 2.29. The van der Waals surface area contributed by atoms with Gasteiger partial charge in [-0.1, -0.05) is 78.9 Å². The molecule has 1 aliphatic rings. The van der Waals surface area contributed by atoms with Gasteiger partial charge in [0.1, 0.15) is 0 Å². The fraction of sp³-hybridized carbons (Fsp3) is 0.314. The molecule has 4 aromatic carbocycles. The Kier molecular flexibility index (Phi) is 9.44. The maximum atomic E-state index is 14.1. The number of amides is 2. The highest BCUT2D eigenvalue weighted by Crippen LogP contribution is 2.32. The van der Waals surface area contributed by atoms with Crippen molar-refractivity contribution in [2.75, 3.05) is 19.6 Å². The molecule has 1 fully saturated rings. The quantitative estimate of drug-likeness (QED) is 0.244. The second-order valence-electron chi connectivity index (χ2n) is 11.1. The topological polar surface area (TPSA) is 101 Å². The first kappa shape index (κ1) is 28.5. The van der Waals surface area contributed by atoms with Gasteiger partial charge < -0.3 is 21.7 Å². The first-order valence-electron chi connectivity index (χ1n) is 14.7. The summed E-state index contributed by atoms with van der Waals surface area (Å²) in [5.74, 6) is 0.602. The molecule has 0 aliphatic heterocycles. The van der Waals surface area contributed by atoms with Gasteiger partial charge in [-0.3, -0.25) is 9.59 Å². The number of nitrogens with two attached hydrogens (primary N) is 2. The number of carbonyl (C=O) groups is 2. The zero-order valence-electron chi connectivity index (χ0n) is 23.6. The number of nitrogens with zero attached hydrogens (tertiary/aromatic N) is 1. The molecule has 1 saturated carbocycles. The summed E-state index contributed by atoms with van der Waals surface area (Å²) in [6.07, 6.45) is 3.79. The van der Waals surface area contributed by atoms with Gasteiger partial charge >= 0.3 is 0 Å². The van der Waals surface area contributed by atoms with E-state index in [1.807, 2.05) is 47.4 Å². The molecule has 6 nitrogen and oxygen atoms in total. The van der Waals surface area contributed by atoms with Crippen LogP contribution in [0.5, 0.6) is 0 Å². The Morgan fingerprint density at radius 3 is 2.34 bits per heavy atom. The molecule has 0 saturated heterocycles. The van der Waals surface area contributed by atoms with Gasteiger partial charge in [-0.25, -0.2) is 0 Å². The van der Waals surface area contributed by atoms with E-state index in [-0.39, 0.29) is 17.7 Å². The lowest BCUT2D eigenvalue weighted by Gasteiger charge is -2.32. The van der Waals surface area contributed by atoms with Crippen molar-refractivity contribution in [2.45, 2.75) is 38.8 Å². The van der Waals surface area contributed by atoms with Crippen molar-refractivity contribution < 1.29 is 9.59 Å². The highest BCUT2D eigenvalue weighted by molar-refractivity contribution is 6.01. The fourth-order valence-corrected chi connectivity index (χ4v) is 6.02. The lowest BCUT2D eigenvalue weighted by Crippen LogP contribution is -2.37. The van der Waals surface area contributed by atoms with Gasteiger partial charge in [0, 0.05) is 37.7 Å². The van der Waals surface area contributed by atoms with Crippen LogP contribution in [0.1, 0.15) is 47.2 Å². The summed E-state index contributed by atoms with van der Waals surface area (Å²) in [5.41, 5.74) is 16.1. The minimum absolute atomic E-state index is 0.0166. The minimum atomic E-state index is -0.141. The Morgan fingerprint density at radius 1 is 0.805 bits per heavy atom. The molecule has 6 heteroatoms. The molecule has 212 valence electrons. The Bertz CT molecular complexity index is 1490. The zero-order valence-corrected chi connectivity index (χ0v) is 23.6. The van der Waals surface area contributed by atoms with Gasteiger partial charge in [-0.05, 0) is 83.3 Å². The van der Waals surface area contributed by atoms with Crippen molar-refractivity contribution in [3.05, 3.63) is 108 Å². The molecule has 5 rings (SSSR count). The van der Waals surface area contributed by atoms with E-state index in [2.05, 4.69) is 53.8 Å². The van der Waals surface area contributed by atoms with E-state index in [0.29, 0.717) is 44.2 Å². The molecule has 5 N–H and O–H groups in total. The summed E-state index contributed by atoms with van der Waals surface area (Å²) >= 11 is 0. The van der Waals surface area contributed by atoms with Crippen LogP contribution in [-0.4, -0.2) is 36.3 Å². The van der Waals surface area contributed by atoms with E-state index in [0.717, 1.165) is 47.9 Å². The maximum absolute atomic E-state index is 14.1. The van der Waals surface area contributed by atoms with E-state index in [4.69, 9.17) is 11.5 Å². The molecule has 4 aromatic rings. The average Bonchev–Trinajstić information content (AvgIpc) is 3.03. The van der Waals surface area contributed by atoms with Crippen LogP contribution in [0, 0.1) is 11.8 Å². The largest absolute Gasteiger partial charge is 0.351 e. The van der Waals surface area contributed by atoms with Crippen molar-refractivity contribution in [3.8, 4) is 11.1 Å². The second-order valence-corrected chi connectivity index (χ2v) is 11.1. The van der Waals surface area contributed by atoms with Crippen molar-refractivity contribution in [1.29, 1.82) is 0 Å². The first-order valence-corrected chi connectivity index (χ1v) is 14.7. The minimum Gasteiger partial charge on any atom is -0.351 e. The van der Waals surface area contributed by atoms with Gasteiger partial charge in [0.05, 0.1) is 0 Å². The van der Waals surface area contributed by atoms with Gasteiger partial charge in [0.25, 0.3) is 5.91 Å². The monoisotopic (exact) mass is 548 g/mol. The second kappa shape index (κ2) is 13.6. The van der Waals surface area contributed by atoms with Crippen LogP contribution in [0.4, 0.5) is 0 Å². The van der Waals surface area contributed by atoms with Gasteiger partial charge in [0.15, 0.2) is 0 Å². The third kappa shape index (κ3) is 6.84. The summed E-state index contributed by atoms with van der Waals surface area (Å²) in [4.78, 5) is 28.9. The predicted molar refractivity (Wildman–Crippen MR) is 166 cm³/mol. The zero-order chi connectivity index (χ0) is 28.6. The van der Waals surface area contributed by atoms with Gasteiger partial charge in [0.2, 0.25) is 5.91 Å². The Morgan fingerprint density at radius 2 is 1.54 bits per heavy atom. The maximum Gasteiger partial charge on any atom is 0.251 e. The molecule has 1 aliphatic carbocycles. The molecule has 0 aromatic heterocycles. The van der Waals surface area contributed by atoms with Crippen molar-refractivity contribution in [3.63, 3.8) is 0 Å². The molecular weight excluding hydrogens is 508 g/mol. The average molecular weight is 549 g/mol. The van der Waals surface area contributed by atoms with Crippen LogP contribution in [0.25, 0.3) is 21.9 Å². The van der Waals surface area contributed by atoms with E-state index in [9.17, 15) is 9.59 Å². The molecule has 0 unspecified atom stereocenters. The Labute approximate surface area is 242 Å². The first-order chi connectivity index (χ1) is 20.1. The number of hydrogen-bond acceptors (Lipinski definition) is 4. The summed E-state index contributed by atoms with van der Waals surface area (Å²) < 4.78 is 0. The normalized spacial score (nSPS) is 16.8. The smallest absolute Gasteiger partial charge is 0.251 e. The summed E-state index contributed by atoms with van der Waals surface area (Å²) in [7, 11) is 0. The number of rotatable bonds is 10. The molecule has 0 atom stereocenters. The number of nitrogens with one attached hydrogen (secondary N) is 1. The summed E-state index contributed by atoms with van der Waals surface area (Å²) in [5, 5.41) is 5.23. The van der Waals surface area contributed by atoms with Crippen LogP contribution < -0.4 is 16.8 Å². The van der Waals surface area contributed by atoms with Crippen LogP contribution in [-0.2, 0) is 17.9 Å². The Hall–Kier alpha value is -4.00. The van der Waals surface area contributed by atoms with Crippen molar-refractivity contribution in [2.24, 2.45) is 23.3 Å². The van der Waals surface area contributed by atoms with E-state index >= 15 is 0 Å². The molecule has 0 spiro atoms.